The molecular weight excluding hydrogens is 284 g/mol. The normalized spacial score (nSPS) is 20.6. The van der Waals surface area contributed by atoms with Crippen LogP contribution < -0.4 is 0 Å². The Hall–Kier alpha value is -0.990. The van der Waals surface area contributed by atoms with E-state index in [1.807, 2.05) is 0 Å². The van der Waals surface area contributed by atoms with Gasteiger partial charge in [-0.3, -0.25) is 4.79 Å². The number of likely N-dealkylation sites (N-methyl/N-ethyl adjacent to an activating group) is 1. The highest BCUT2D eigenvalue weighted by Gasteiger charge is 2.31. The fourth-order valence-electron chi connectivity index (χ4n) is 2.14. The molecule has 1 heterocycles. The van der Waals surface area contributed by atoms with Gasteiger partial charge in [0.2, 0.25) is 0 Å². The summed E-state index contributed by atoms with van der Waals surface area (Å²) in [7, 11) is 3.08. The highest BCUT2D eigenvalue weighted by Crippen LogP contribution is 2.20. The highest BCUT2D eigenvalue weighted by atomic mass is 32.2. The second-order valence-electron chi connectivity index (χ2n) is 4.79. The second kappa shape index (κ2) is 8.33. The first kappa shape index (κ1) is 17.1. The number of thioether (sulfide) groups is 1. The molecule has 1 aliphatic heterocycles. The molecule has 0 spiro atoms. The van der Waals surface area contributed by atoms with Crippen LogP contribution >= 0.6 is 11.8 Å². The zero-order valence-electron chi connectivity index (χ0n) is 11.8. The number of amides is 2. The Balaban J connectivity index is 2.59. The van der Waals surface area contributed by atoms with Crippen molar-refractivity contribution in [2.45, 2.75) is 18.6 Å². The molecule has 0 aromatic carbocycles. The summed E-state index contributed by atoms with van der Waals surface area (Å²) in [4.78, 5) is 26.2. The summed E-state index contributed by atoms with van der Waals surface area (Å²) in [6, 6.07) is -0.535. The molecule has 116 valence electrons. The van der Waals surface area contributed by atoms with Gasteiger partial charge in [0.1, 0.15) is 0 Å². The number of carboxylic acids is 1. The van der Waals surface area contributed by atoms with Crippen LogP contribution in [0, 0.1) is 0 Å². The Morgan fingerprint density at radius 1 is 1.55 bits per heavy atom. The van der Waals surface area contributed by atoms with Gasteiger partial charge in [-0.15, -0.1) is 0 Å². The van der Waals surface area contributed by atoms with Crippen molar-refractivity contribution in [2.75, 3.05) is 45.4 Å². The van der Waals surface area contributed by atoms with Crippen molar-refractivity contribution in [1.29, 1.82) is 0 Å². The largest absolute Gasteiger partial charge is 0.481 e. The number of rotatable bonds is 6. The summed E-state index contributed by atoms with van der Waals surface area (Å²) in [5, 5.41) is 18.5. The summed E-state index contributed by atoms with van der Waals surface area (Å²) < 4.78 is 4.82. The monoisotopic (exact) mass is 306 g/mol. The number of aliphatic hydroxyl groups excluding tert-OH is 1. The lowest BCUT2D eigenvalue weighted by atomic mass is 10.2. The van der Waals surface area contributed by atoms with Gasteiger partial charge in [-0.25, -0.2) is 4.79 Å². The Bertz CT molecular complexity index is 342. The van der Waals surface area contributed by atoms with E-state index in [9.17, 15) is 14.7 Å². The third-order valence-corrected chi connectivity index (χ3v) is 4.15. The van der Waals surface area contributed by atoms with Gasteiger partial charge in [0.15, 0.2) is 0 Å². The summed E-state index contributed by atoms with van der Waals surface area (Å²) in [5.74, 6) is 0.528. The molecule has 0 aromatic heterocycles. The van der Waals surface area contributed by atoms with Gasteiger partial charge < -0.3 is 24.7 Å². The van der Waals surface area contributed by atoms with Crippen LogP contribution in [0.5, 0.6) is 0 Å². The van der Waals surface area contributed by atoms with Crippen LogP contribution in [0.3, 0.4) is 0 Å². The number of methoxy groups -OCH3 is 1. The summed E-state index contributed by atoms with van der Waals surface area (Å²) in [6.45, 7) is 0.855. The number of ether oxygens (including phenoxy) is 1. The zero-order valence-corrected chi connectivity index (χ0v) is 12.6. The lowest BCUT2D eigenvalue weighted by molar-refractivity contribution is -0.138. The van der Waals surface area contributed by atoms with Gasteiger partial charge in [0.25, 0.3) is 0 Å². The number of hydrogen-bond donors (Lipinski definition) is 2. The van der Waals surface area contributed by atoms with Crippen LogP contribution in [-0.2, 0) is 9.53 Å². The van der Waals surface area contributed by atoms with Crippen molar-refractivity contribution in [3.05, 3.63) is 0 Å². The van der Waals surface area contributed by atoms with Crippen LogP contribution in [0.2, 0.25) is 0 Å². The fourth-order valence-corrected chi connectivity index (χ4v) is 3.20. The second-order valence-corrected chi connectivity index (χ2v) is 5.94. The molecule has 2 unspecified atom stereocenters. The zero-order chi connectivity index (χ0) is 15.1. The molecule has 1 saturated heterocycles. The van der Waals surface area contributed by atoms with Crippen LogP contribution in [0.1, 0.15) is 6.42 Å². The third kappa shape index (κ3) is 5.18. The Kier molecular flexibility index (Phi) is 7.11. The van der Waals surface area contributed by atoms with Crippen LogP contribution in [0.25, 0.3) is 0 Å². The van der Waals surface area contributed by atoms with E-state index in [1.54, 1.807) is 23.7 Å². The van der Waals surface area contributed by atoms with Crippen LogP contribution in [0.4, 0.5) is 4.79 Å². The third-order valence-electron chi connectivity index (χ3n) is 3.05. The predicted molar refractivity (Wildman–Crippen MR) is 76.0 cm³/mol. The lowest BCUT2D eigenvalue weighted by Gasteiger charge is -2.37. The number of urea groups is 1. The van der Waals surface area contributed by atoms with Gasteiger partial charge in [0.05, 0.1) is 31.7 Å². The van der Waals surface area contributed by atoms with Gasteiger partial charge >= 0.3 is 12.0 Å². The first-order chi connectivity index (χ1) is 9.45. The minimum atomic E-state index is -0.905. The number of carboxylic acid groups (broad SMARTS) is 1. The molecular formula is C12H22N2O5S. The number of carbonyl (C=O) groups excluding carboxylic acids is 1. The molecule has 0 bridgehead atoms. The molecule has 2 amide bonds. The molecule has 1 rings (SSSR count). The molecule has 7 nitrogen and oxygen atoms in total. The van der Waals surface area contributed by atoms with Crippen molar-refractivity contribution in [3.63, 3.8) is 0 Å². The fraction of sp³-hybridized carbons (Fsp3) is 0.833. The Labute approximate surface area is 122 Å². The van der Waals surface area contributed by atoms with Crippen LogP contribution in [0.15, 0.2) is 0 Å². The molecule has 0 saturated carbocycles. The van der Waals surface area contributed by atoms with Crippen LogP contribution in [-0.4, -0.2) is 89.5 Å². The average molecular weight is 306 g/mol. The molecule has 1 fully saturated rings. The highest BCUT2D eigenvalue weighted by molar-refractivity contribution is 7.99. The maximum atomic E-state index is 12.3. The van der Waals surface area contributed by atoms with E-state index in [4.69, 9.17) is 9.84 Å². The number of carbonyl (C=O) groups is 2. The van der Waals surface area contributed by atoms with Gasteiger partial charge in [-0.2, -0.15) is 11.8 Å². The van der Waals surface area contributed by atoms with Gasteiger partial charge in [-0.1, -0.05) is 0 Å². The van der Waals surface area contributed by atoms with Crippen molar-refractivity contribution < 1.29 is 24.5 Å². The van der Waals surface area contributed by atoms with E-state index in [0.717, 1.165) is 5.75 Å². The summed E-state index contributed by atoms with van der Waals surface area (Å²) in [5.41, 5.74) is 0. The van der Waals surface area contributed by atoms with Gasteiger partial charge in [0, 0.05) is 32.2 Å². The molecule has 0 aliphatic carbocycles. The van der Waals surface area contributed by atoms with E-state index in [0.29, 0.717) is 12.3 Å². The Morgan fingerprint density at radius 3 is 2.85 bits per heavy atom. The van der Waals surface area contributed by atoms with Crippen molar-refractivity contribution in [3.8, 4) is 0 Å². The predicted octanol–water partition coefficient (Wildman–Crippen LogP) is -0.0624. The standard InChI is InChI=1S/C12H22N2O5S/c1-13(6-10(15)7-19-2)12(18)14-3-4-20-8-9(14)5-11(16)17/h9-10,15H,3-8H2,1-2H3,(H,16,17). The van der Waals surface area contributed by atoms with Gasteiger partial charge in [-0.05, 0) is 0 Å². The molecule has 2 atom stereocenters. The maximum absolute atomic E-state index is 12.3. The van der Waals surface area contributed by atoms with E-state index in [2.05, 4.69) is 0 Å². The molecule has 20 heavy (non-hydrogen) atoms. The minimum Gasteiger partial charge on any atom is -0.481 e. The Morgan fingerprint density at radius 2 is 2.25 bits per heavy atom. The van der Waals surface area contributed by atoms with Crippen molar-refractivity contribution in [1.82, 2.24) is 9.80 Å². The average Bonchev–Trinajstić information content (AvgIpc) is 2.38. The number of nitrogens with zero attached hydrogens (tertiary/aromatic N) is 2. The van der Waals surface area contributed by atoms with Crippen molar-refractivity contribution in [2.24, 2.45) is 0 Å². The number of aliphatic carboxylic acids is 1. The molecule has 1 aliphatic rings. The van der Waals surface area contributed by atoms with E-state index in [-0.39, 0.29) is 31.6 Å². The van der Waals surface area contributed by atoms with E-state index < -0.39 is 12.1 Å². The van der Waals surface area contributed by atoms with Crippen molar-refractivity contribution >= 4 is 23.8 Å². The molecule has 0 radical (unpaired) electrons. The molecule has 8 heteroatoms. The number of hydrogen-bond acceptors (Lipinski definition) is 5. The number of aliphatic hydroxyl groups is 1. The maximum Gasteiger partial charge on any atom is 0.320 e. The molecule has 0 aromatic rings. The summed E-state index contributed by atoms with van der Waals surface area (Å²) in [6.07, 6.45) is -0.793. The quantitative estimate of drug-likeness (QED) is 0.714. The molecule has 2 N–H and O–H groups in total. The minimum absolute atomic E-state index is 0.0484. The first-order valence-corrected chi connectivity index (χ1v) is 7.59. The topological polar surface area (TPSA) is 90.3 Å². The summed E-state index contributed by atoms with van der Waals surface area (Å²) >= 11 is 1.65. The SMILES string of the molecule is COCC(O)CN(C)C(=O)N1CCSCC1CC(=O)O. The lowest BCUT2D eigenvalue weighted by Crippen LogP contribution is -2.53. The first-order valence-electron chi connectivity index (χ1n) is 6.44. The van der Waals surface area contributed by atoms with E-state index in [1.165, 1.54) is 12.0 Å². The van der Waals surface area contributed by atoms with E-state index >= 15 is 0 Å². The smallest absolute Gasteiger partial charge is 0.320 e.